The minimum Gasteiger partial charge on any atom is -0.480 e. The number of carboxylic acids is 1. The number of hydrogen-bond acceptors (Lipinski definition) is 3. The van der Waals surface area contributed by atoms with Gasteiger partial charge in [0.25, 0.3) is 0 Å². The predicted octanol–water partition coefficient (Wildman–Crippen LogP) is 0.373. The molecular weight excluding hydrogens is 198 g/mol. The van der Waals surface area contributed by atoms with Gasteiger partial charge in [0.1, 0.15) is 0 Å². The van der Waals surface area contributed by atoms with Crippen LogP contribution in [-0.4, -0.2) is 34.2 Å². The third-order valence-corrected chi connectivity index (χ3v) is 1.76. The Bertz CT molecular complexity index is 242. The predicted molar refractivity (Wildman–Crippen MR) is 55.3 cm³/mol. The van der Waals surface area contributed by atoms with Gasteiger partial charge in [-0.05, 0) is 12.3 Å². The van der Waals surface area contributed by atoms with Gasteiger partial charge in [-0.2, -0.15) is 0 Å². The summed E-state index contributed by atoms with van der Waals surface area (Å²) >= 11 is 0. The first-order valence-corrected chi connectivity index (χ1v) is 4.84. The fraction of sp³-hybridized carbons (Fsp3) is 0.800. The molecule has 0 aliphatic rings. The molecule has 0 fully saturated rings. The normalized spacial score (nSPS) is 15.5. The van der Waals surface area contributed by atoms with E-state index in [1.165, 1.54) is 6.92 Å². The Kier molecular flexibility index (Phi) is 4.74. The van der Waals surface area contributed by atoms with Crippen LogP contribution < -0.4 is 5.32 Å². The quantitative estimate of drug-likeness (QED) is 0.635. The molecule has 0 heterocycles. The van der Waals surface area contributed by atoms with Crippen molar-refractivity contribution in [2.24, 2.45) is 5.41 Å². The van der Waals surface area contributed by atoms with Gasteiger partial charge < -0.3 is 15.5 Å². The van der Waals surface area contributed by atoms with Crippen molar-refractivity contribution in [3.8, 4) is 0 Å². The highest BCUT2D eigenvalue weighted by atomic mass is 16.4. The van der Waals surface area contributed by atoms with Crippen molar-refractivity contribution < 1.29 is 19.8 Å². The maximum absolute atomic E-state index is 11.4. The summed E-state index contributed by atoms with van der Waals surface area (Å²) in [6.45, 7) is 6.97. The first-order valence-electron chi connectivity index (χ1n) is 4.84. The summed E-state index contributed by atoms with van der Waals surface area (Å²) in [5, 5.41) is 20.1. The van der Waals surface area contributed by atoms with E-state index in [-0.39, 0.29) is 17.7 Å². The van der Waals surface area contributed by atoms with Crippen LogP contribution in [-0.2, 0) is 9.59 Å². The number of carboxylic acid groups (broad SMARTS) is 1. The maximum Gasteiger partial charge on any atom is 0.328 e. The largest absolute Gasteiger partial charge is 0.480 e. The van der Waals surface area contributed by atoms with Gasteiger partial charge in [-0.15, -0.1) is 0 Å². The molecule has 0 aromatic carbocycles. The molecule has 0 radical (unpaired) electrons. The number of hydrogen-bond donors (Lipinski definition) is 3. The van der Waals surface area contributed by atoms with E-state index in [1.54, 1.807) is 0 Å². The molecule has 5 nitrogen and oxygen atoms in total. The molecule has 2 atom stereocenters. The first kappa shape index (κ1) is 13.9. The lowest BCUT2D eigenvalue weighted by Gasteiger charge is -2.21. The number of rotatable bonds is 4. The molecule has 0 aliphatic carbocycles. The maximum atomic E-state index is 11.4. The van der Waals surface area contributed by atoms with E-state index < -0.39 is 18.1 Å². The second kappa shape index (κ2) is 5.11. The van der Waals surface area contributed by atoms with Crippen LogP contribution in [0.2, 0.25) is 0 Å². The van der Waals surface area contributed by atoms with E-state index in [0.717, 1.165) is 0 Å². The zero-order chi connectivity index (χ0) is 12.2. The van der Waals surface area contributed by atoms with Crippen molar-refractivity contribution in [3.63, 3.8) is 0 Å². The van der Waals surface area contributed by atoms with E-state index in [2.05, 4.69) is 5.32 Å². The minimum absolute atomic E-state index is 0.203. The molecule has 0 aromatic heterocycles. The van der Waals surface area contributed by atoms with E-state index in [0.29, 0.717) is 0 Å². The number of carbonyl (C=O) groups excluding carboxylic acids is 1. The van der Waals surface area contributed by atoms with E-state index in [9.17, 15) is 9.59 Å². The highest BCUT2D eigenvalue weighted by molar-refractivity contribution is 5.84. The molecule has 0 saturated heterocycles. The fourth-order valence-electron chi connectivity index (χ4n) is 1.09. The average Bonchev–Trinajstić information content (AvgIpc) is 1.95. The van der Waals surface area contributed by atoms with E-state index in [4.69, 9.17) is 10.2 Å². The monoisotopic (exact) mass is 217 g/mol. The zero-order valence-electron chi connectivity index (χ0n) is 9.57. The third-order valence-electron chi connectivity index (χ3n) is 1.76. The van der Waals surface area contributed by atoms with Crippen LogP contribution in [0, 0.1) is 5.41 Å². The third kappa shape index (κ3) is 6.06. The number of amides is 1. The lowest BCUT2D eigenvalue weighted by atomic mass is 9.92. The Labute approximate surface area is 89.5 Å². The molecule has 3 N–H and O–H groups in total. The number of aliphatic hydroxyl groups excluding tert-OH is 1. The second-order valence-corrected chi connectivity index (χ2v) is 4.86. The summed E-state index contributed by atoms with van der Waals surface area (Å²) in [4.78, 5) is 22.1. The molecule has 0 rings (SSSR count). The topological polar surface area (TPSA) is 86.6 Å². The van der Waals surface area contributed by atoms with Crippen molar-refractivity contribution in [1.29, 1.82) is 0 Å². The van der Waals surface area contributed by atoms with Gasteiger partial charge in [0.15, 0.2) is 6.04 Å². The van der Waals surface area contributed by atoms with Crippen molar-refractivity contribution in [1.82, 2.24) is 5.32 Å². The number of carbonyl (C=O) groups is 2. The molecule has 0 aromatic rings. The SMILES string of the molecule is CC(O)C(NC(=O)CC(C)(C)C)C(=O)O. The second-order valence-electron chi connectivity index (χ2n) is 4.86. The lowest BCUT2D eigenvalue weighted by Crippen LogP contribution is -2.48. The Morgan fingerprint density at radius 3 is 2.07 bits per heavy atom. The summed E-state index contributed by atoms with van der Waals surface area (Å²) in [6, 6.07) is -1.24. The van der Waals surface area contributed by atoms with Crippen LogP contribution in [0.25, 0.3) is 0 Å². The summed E-state index contributed by atoms with van der Waals surface area (Å²) in [5.74, 6) is -1.59. The molecule has 0 spiro atoms. The lowest BCUT2D eigenvalue weighted by molar-refractivity contribution is -0.145. The molecule has 0 aliphatic heterocycles. The van der Waals surface area contributed by atoms with Crippen molar-refractivity contribution in [3.05, 3.63) is 0 Å². The van der Waals surface area contributed by atoms with Gasteiger partial charge in [-0.25, -0.2) is 4.79 Å². The smallest absolute Gasteiger partial charge is 0.328 e. The van der Waals surface area contributed by atoms with Gasteiger partial charge in [-0.3, -0.25) is 4.79 Å². The molecular formula is C10H19NO4. The average molecular weight is 217 g/mol. The highest BCUT2D eigenvalue weighted by Crippen LogP contribution is 2.18. The molecule has 0 bridgehead atoms. The van der Waals surface area contributed by atoms with Crippen molar-refractivity contribution >= 4 is 11.9 Å². The van der Waals surface area contributed by atoms with Crippen LogP contribution in [0.1, 0.15) is 34.1 Å². The van der Waals surface area contributed by atoms with Crippen LogP contribution in [0.15, 0.2) is 0 Å². The van der Waals surface area contributed by atoms with E-state index in [1.807, 2.05) is 20.8 Å². The van der Waals surface area contributed by atoms with Gasteiger partial charge in [-0.1, -0.05) is 20.8 Å². The number of nitrogens with one attached hydrogen (secondary N) is 1. The Balaban J connectivity index is 4.31. The van der Waals surface area contributed by atoms with Crippen LogP contribution >= 0.6 is 0 Å². The zero-order valence-corrected chi connectivity index (χ0v) is 9.57. The van der Waals surface area contributed by atoms with Gasteiger partial charge >= 0.3 is 5.97 Å². The Morgan fingerprint density at radius 1 is 1.33 bits per heavy atom. The first-order chi connectivity index (χ1) is 6.63. The van der Waals surface area contributed by atoms with Gasteiger partial charge in [0, 0.05) is 6.42 Å². The van der Waals surface area contributed by atoms with Crippen LogP contribution in [0.4, 0.5) is 0 Å². The van der Waals surface area contributed by atoms with Crippen LogP contribution in [0.5, 0.6) is 0 Å². The van der Waals surface area contributed by atoms with Gasteiger partial charge in [0.05, 0.1) is 6.10 Å². The Morgan fingerprint density at radius 2 is 1.80 bits per heavy atom. The highest BCUT2D eigenvalue weighted by Gasteiger charge is 2.26. The molecule has 1 amide bonds. The van der Waals surface area contributed by atoms with E-state index >= 15 is 0 Å². The summed E-state index contributed by atoms with van der Waals surface area (Å²) in [6.07, 6.45) is -0.879. The Hall–Kier alpha value is -1.10. The summed E-state index contributed by atoms with van der Waals surface area (Å²) in [5.41, 5.74) is -0.203. The molecule has 2 unspecified atom stereocenters. The minimum atomic E-state index is -1.24. The summed E-state index contributed by atoms with van der Waals surface area (Å²) in [7, 11) is 0. The molecule has 15 heavy (non-hydrogen) atoms. The van der Waals surface area contributed by atoms with Gasteiger partial charge in [0.2, 0.25) is 5.91 Å². The number of aliphatic hydroxyl groups is 1. The number of aliphatic carboxylic acids is 1. The molecule has 0 saturated carbocycles. The van der Waals surface area contributed by atoms with Crippen molar-refractivity contribution in [2.45, 2.75) is 46.3 Å². The fourth-order valence-corrected chi connectivity index (χ4v) is 1.09. The molecule has 5 heteroatoms. The standard InChI is InChI=1S/C10H19NO4/c1-6(12)8(9(14)15)11-7(13)5-10(2,3)4/h6,8,12H,5H2,1-4H3,(H,11,13)(H,14,15). The summed E-state index contributed by atoms with van der Waals surface area (Å²) < 4.78 is 0. The molecule has 88 valence electrons. The van der Waals surface area contributed by atoms with Crippen molar-refractivity contribution in [2.75, 3.05) is 0 Å². The van der Waals surface area contributed by atoms with Crippen LogP contribution in [0.3, 0.4) is 0 Å².